The number of hydrogen-bond acceptors (Lipinski definition) is 4. The molecule has 1 heterocycles. The van der Waals surface area contributed by atoms with E-state index in [0.717, 1.165) is 23.2 Å². The number of nitrogens with two attached hydrogens (primary N) is 1. The van der Waals surface area contributed by atoms with Crippen LogP contribution in [0.5, 0.6) is 0 Å². The van der Waals surface area contributed by atoms with Crippen LogP contribution < -0.4 is 10.6 Å². The van der Waals surface area contributed by atoms with Crippen LogP contribution in [-0.2, 0) is 4.74 Å². The fraction of sp³-hybridized carbons (Fsp3) is 0.417. The number of carbonyl (C=O) groups excluding carboxylic acids is 1. The van der Waals surface area contributed by atoms with Crippen LogP contribution in [0, 0.1) is 0 Å². The Bertz CT molecular complexity index is 417. The molecule has 0 bridgehead atoms. The molecule has 0 aromatic heterocycles. The van der Waals surface area contributed by atoms with Gasteiger partial charge in [0.15, 0.2) is 5.78 Å². The molecule has 0 aliphatic carbocycles. The SMILES string of the molecule is NCC(=O)c1cc(Br)ccc1N1CCOCC1. The lowest BCUT2D eigenvalue weighted by molar-refractivity contribution is 0.0999. The number of ether oxygens (including phenoxy) is 1. The normalized spacial score (nSPS) is 16.0. The minimum absolute atomic E-state index is 0.0345. The molecule has 0 saturated carbocycles. The van der Waals surface area contributed by atoms with E-state index in [-0.39, 0.29) is 12.3 Å². The van der Waals surface area contributed by atoms with Gasteiger partial charge in [0.2, 0.25) is 0 Å². The third kappa shape index (κ3) is 2.86. The van der Waals surface area contributed by atoms with Crippen LogP contribution in [0.1, 0.15) is 10.4 Å². The number of halogens is 1. The third-order valence-corrected chi connectivity index (χ3v) is 3.29. The summed E-state index contributed by atoms with van der Waals surface area (Å²) in [7, 11) is 0. The number of anilines is 1. The fourth-order valence-electron chi connectivity index (χ4n) is 1.92. The first kappa shape index (κ1) is 12.5. The molecule has 4 nitrogen and oxygen atoms in total. The van der Waals surface area contributed by atoms with E-state index in [1.807, 2.05) is 18.2 Å². The van der Waals surface area contributed by atoms with Gasteiger partial charge in [-0.3, -0.25) is 4.79 Å². The van der Waals surface area contributed by atoms with Crippen molar-refractivity contribution in [3.63, 3.8) is 0 Å². The molecule has 0 atom stereocenters. The second-order valence-corrected chi connectivity index (χ2v) is 4.80. The zero-order valence-electron chi connectivity index (χ0n) is 9.49. The summed E-state index contributed by atoms with van der Waals surface area (Å²) in [5.41, 5.74) is 7.08. The summed E-state index contributed by atoms with van der Waals surface area (Å²) in [6.45, 7) is 3.06. The zero-order chi connectivity index (χ0) is 12.3. The second-order valence-electron chi connectivity index (χ2n) is 3.89. The predicted molar refractivity (Wildman–Crippen MR) is 70.6 cm³/mol. The lowest BCUT2D eigenvalue weighted by Gasteiger charge is -2.30. The van der Waals surface area contributed by atoms with Crippen molar-refractivity contribution in [1.82, 2.24) is 0 Å². The molecular formula is C12H15BrN2O2. The van der Waals surface area contributed by atoms with Crippen LogP contribution >= 0.6 is 15.9 Å². The summed E-state index contributed by atoms with van der Waals surface area (Å²) >= 11 is 3.38. The number of Topliss-reactive ketones (excluding diaryl/α,β-unsaturated/α-hetero) is 1. The van der Waals surface area contributed by atoms with Crippen molar-refractivity contribution in [2.45, 2.75) is 0 Å². The van der Waals surface area contributed by atoms with Gasteiger partial charge in [-0.05, 0) is 18.2 Å². The Labute approximate surface area is 109 Å². The molecule has 1 aliphatic heterocycles. The van der Waals surface area contributed by atoms with Crippen molar-refractivity contribution >= 4 is 27.4 Å². The molecule has 92 valence electrons. The van der Waals surface area contributed by atoms with E-state index in [1.54, 1.807) is 0 Å². The fourth-order valence-corrected chi connectivity index (χ4v) is 2.28. The largest absolute Gasteiger partial charge is 0.378 e. The summed E-state index contributed by atoms with van der Waals surface area (Å²) in [5.74, 6) is -0.0345. The Kier molecular flexibility index (Phi) is 4.15. The van der Waals surface area contributed by atoms with Crippen molar-refractivity contribution in [3.05, 3.63) is 28.2 Å². The van der Waals surface area contributed by atoms with Gasteiger partial charge in [-0.2, -0.15) is 0 Å². The number of nitrogens with zero attached hydrogens (tertiary/aromatic N) is 1. The second kappa shape index (κ2) is 5.62. The Morgan fingerprint density at radius 3 is 2.76 bits per heavy atom. The number of rotatable bonds is 3. The van der Waals surface area contributed by atoms with E-state index in [9.17, 15) is 4.79 Å². The maximum atomic E-state index is 11.8. The quantitative estimate of drug-likeness (QED) is 0.858. The first-order valence-corrected chi connectivity index (χ1v) is 6.37. The van der Waals surface area contributed by atoms with E-state index in [4.69, 9.17) is 10.5 Å². The number of morpholine rings is 1. The summed E-state index contributed by atoms with van der Waals surface area (Å²) in [6, 6.07) is 5.73. The van der Waals surface area contributed by atoms with Crippen LogP contribution in [0.4, 0.5) is 5.69 Å². The smallest absolute Gasteiger partial charge is 0.178 e. The van der Waals surface area contributed by atoms with Gasteiger partial charge >= 0.3 is 0 Å². The number of ketones is 1. The molecule has 0 radical (unpaired) electrons. The first-order valence-electron chi connectivity index (χ1n) is 5.58. The van der Waals surface area contributed by atoms with Crippen molar-refractivity contribution in [1.29, 1.82) is 0 Å². The van der Waals surface area contributed by atoms with Crippen LogP contribution in [0.15, 0.2) is 22.7 Å². The molecule has 0 amide bonds. The van der Waals surface area contributed by atoms with Crippen molar-refractivity contribution in [2.75, 3.05) is 37.7 Å². The number of benzene rings is 1. The summed E-state index contributed by atoms with van der Waals surface area (Å²) in [5, 5.41) is 0. The van der Waals surface area contributed by atoms with Gasteiger partial charge in [0.25, 0.3) is 0 Å². The van der Waals surface area contributed by atoms with E-state index < -0.39 is 0 Å². The average Bonchev–Trinajstić information content (AvgIpc) is 2.38. The molecule has 17 heavy (non-hydrogen) atoms. The molecule has 2 N–H and O–H groups in total. The van der Waals surface area contributed by atoms with E-state index in [2.05, 4.69) is 20.8 Å². The summed E-state index contributed by atoms with van der Waals surface area (Å²) in [6.07, 6.45) is 0. The maximum absolute atomic E-state index is 11.8. The Hall–Kier alpha value is -0.910. The molecule has 1 aromatic rings. The van der Waals surface area contributed by atoms with Crippen LogP contribution in [-0.4, -0.2) is 38.6 Å². The highest BCUT2D eigenvalue weighted by Gasteiger charge is 2.18. The van der Waals surface area contributed by atoms with Gasteiger partial charge in [-0.15, -0.1) is 0 Å². The standard InChI is InChI=1S/C12H15BrN2O2/c13-9-1-2-11(10(7-9)12(16)8-14)15-3-5-17-6-4-15/h1-2,7H,3-6,8,14H2. The molecular weight excluding hydrogens is 284 g/mol. The Morgan fingerprint density at radius 2 is 2.12 bits per heavy atom. The van der Waals surface area contributed by atoms with E-state index in [1.165, 1.54) is 0 Å². The Balaban J connectivity index is 2.34. The van der Waals surface area contributed by atoms with E-state index in [0.29, 0.717) is 18.8 Å². The molecule has 0 spiro atoms. The van der Waals surface area contributed by atoms with Crippen molar-refractivity contribution in [3.8, 4) is 0 Å². The lowest BCUT2D eigenvalue weighted by atomic mass is 10.1. The molecule has 5 heteroatoms. The molecule has 1 saturated heterocycles. The number of hydrogen-bond donors (Lipinski definition) is 1. The minimum atomic E-state index is -0.0345. The van der Waals surface area contributed by atoms with Gasteiger partial charge in [-0.25, -0.2) is 0 Å². The monoisotopic (exact) mass is 298 g/mol. The molecule has 2 rings (SSSR count). The van der Waals surface area contributed by atoms with Crippen molar-refractivity contribution < 1.29 is 9.53 Å². The molecule has 1 aliphatic rings. The molecule has 0 unspecified atom stereocenters. The third-order valence-electron chi connectivity index (χ3n) is 2.80. The maximum Gasteiger partial charge on any atom is 0.178 e. The van der Waals surface area contributed by atoms with Crippen LogP contribution in [0.25, 0.3) is 0 Å². The van der Waals surface area contributed by atoms with Gasteiger partial charge in [0.05, 0.1) is 19.8 Å². The van der Waals surface area contributed by atoms with Gasteiger partial charge < -0.3 is 15.4 Å². The Morgan fingerprint density at radius 1 is 1.41 bits per heavy atom. The highest BCUT2D eigenvalue weighted by Crippen LogP contribution is 2.25. The van der Waals surface area contributed by atoms with Gasteiger partial charge in [0, 0.05) is 28.8 Å². The summed E-state index contributed by atoms with van der Waals surface area (Å²) in [4.78, 5) is 14.0. The average molecular weight is 299 g/mol. The first-order chi connectivity index (χ1) is 8.22. The minimum Gasteiger partial charge on any atom is -0.378 e. The summed E-state index contributed by atoms with van der Waals surface area (Å²) < 4.78 is 6.21. The lowest BCUT2D eigenvalue weighted by Crippen LogP contribution is -2.37. The van der Waals surface area contributed by atoms with Crippen LogP contribution in [0.2, 0.25) is 0 Å². The highest BCUT2D eigenvalue weighted by atomic mass is 79.9. The topological polar surface area (TPSA) is 55.6 Å². The van der Waals surface area contributed by atoms with E-state index >= 15 is 0 Å². The molecule has 1 fully saturated rings. The van der Waals surface area contributed by atoms with Crippen molar-refractivity contribution in [2.24, 2.45) is 5.73 Å². The molecule has 1 aromatic carbocycles. The van der Waals surface area contributed by atoms with Crippen LogP contribution in [0.3, 0.4) is 0 Å². The van der Waals surface area contributed by atoms with Gasteiger partial charge in [0.1, 0.15) is 0 Å². The number of carbonyl (C=O) groups is 1. The predicted octanol–water partition coefficient (Wildman–Crippen LogP) is 1.43. The highest BCUT2D eigenvalue weighted by molar-refractivity contribution is 9.10. The van der Waals surface area contributed by atoms with Gasteiger partial charge in [-0.1, -0.05) is 15.9 Å². The zero-order valence-corrected chi connectivity index (χ0v) is 11.1.